The van der Waals surface area contributed by atoms with E-state index in [0.29, 0.717) is 11.8 Å². The Labute approximate surface area is 163 Å². The normalized spacial score (nSPS) is 29.0. The van der Waals surface area contributed by atoms with E-state index >= 15 is 0 Å². The van der Waals surface area contributed by atoms with E-state index in [4.69, 9.17) is 14.2 Å². The minimum Gasteiger partial charge on any atom is -0.438 e. The van der Waals surface area contributed by atoms with Crippen molar-refractivity contribution in [2.45, 2.75) is 27.2 Å². The average molecular weight is 394 g/mol. The fraction of sp³-hybridized carbons (Fsp3) is 0.650. The van der Waals surface area contributed by atoms with Crippen LogP contribution in [0.3, 0.4) is 0 Å². The van der Waals surface area contributed by atoms with Gasteiger partial charge in [0.05, 0.1) is 14.2 Å². The Hall–Kier alpha value is -2.51. The van der Waals surface area contributed by atoms with Crippen LogP contribution in [0.15, 0.2) is 22.5 Å². The molecule has 2 fully saturated rings. The van der Waals surface area contributed by atoms with Gasteiger partial charge in [-0.15, -0.1) is 0 Å². The molecular formula is C20H26O8. The van der Waals surface area contributed by atoms with Crippen molar-refractivity contribution in [3.8, 4) is 0 Å². The lowest BCUT2D eigenvalue weighted by molar-refractivity contribution is -0.137. The van der Waals surface area contributed by atoms with E-state index in [1.54, 1.807) is 0 Å². The van der Waals surface area contributed by atoms with Crippen LogP contribution in [0.25, 0.3) is 0 Å². The number of carbonyl (C=O) groups is 3. The largest absolute Gasteiger partial charge is 0.508 e. The maximum atomic E-state index is 11.5. The summed E-state index contributed by atoms with van der Waals surface area (Å²) in [6.07, 6.45) is -0.587. The minimum absolute atomic E-state index is 0.0986. The molecule has 5 atom stereocenters. The summed E-state index contributed by atoms with van der Waals surface area (Å²) < 4.78 is 25.0. The molecule has 0 aromatic heterocycles. The summed E-state index contributed by atoms with van der Waals surface area (Å²) in [4.78, 5) is 34.4. The number of rotatable bonds is 6. The fourth-order valence-electron chi connectivity index (χ4n) is 5.01. The zero-order chi connectivity index (χ0) is 20.6. The van der Waals surface area contributed by atoms with E-state index in [9.17, 15) is 14.4 Å². The van der Waals surface area contributed by atoms with Crippen LogP contribution in [-0.4, -0.2) is 45.7 Å². The van der Waals surface area contributed by atoms with E-state index < -0.39 is 12.3 Å². The summed E-state index contributed by atoms with van der Waals surface area (Å²) in [5, 5.41) is 0. The van der Waals surface area contributed by atoms with Crippen LogP contribution in [0.5, 0.6) is 0 Å². The zero-order valence-electron chi connectivity index (χ0n) is 16.8. The maximum absolute atomic E-state index is 11.5. The third-order valence-electron chi connectivity index (χ3n) is 5.95. The fourth-order valence-corrected chi connectivity index (χ4v) is 5.01. The van der Waals surface area contributed by atoms with Gasteiger partial charge in [0.15, 0.2) is 0 Å². The first-order chi connectivity index (χ1) is 13.3. The van der Waals surface area contributed by atoms with Crippen LogP contribution in [-0.2, 0) is 28.5 Å². The quantitative estimate of drug-likeness (QED) is 0.293. The Balaban J connectivity index is 1.80. The smallest absolute Gasteiger partial charge is 0.438 e. The number of esters is 1. The maximum Gasteiger partial charge on any atom is 0.508 e. The highest BCUT2D eigenvalue weighted by Crippen LogP contribution is 2.73. The SMILES string of the molecule is COC(=O)OCC1=C(COC(=O)OC)[C@@H]2C[C@H]1[C@H]1C(C(OC(C)=O)=C(C)C)[C@H]12. The number of hydrogen-bond acceptors (Lipinski definition) is 8. The molecule has 8 nitrogen and oxygen atoms in total. The molecule has 0 N–H and O–H groups in total. The number of hydrogen-bond donors (Lipinski definition) is 0. The first kappa shape index (κ1) is 20.2. The molecule has 0 saturated heterocycles. The van der Waals surface area contributed by atoms with Gasteiger partial charge >= 0.3 is 18.3 Å². The van der Waals surface area contributed by atoms with Crippen LogP contribution in [0, 0.1) is 29.6 Å². The van der Waals surface area contributed by atoms with Crippen molar-refractivity contribution < 1.29 is 38.1 Å². The molecule has 154 valence electrons. The first-order valence-corrected chi connectivity index (χ1v) is 9.29. The predicted octanol–water partition coefficient (Wildman–Crippen LogP) is 3.22. The molecule has 0 radical (unpaired) electrons. The molecule has 0 amide bonds. The molecule has 2 saturated carbocycles. The number of carbonyl (C=O) groups excluding carboxylic acids is 3. The monoisotopic (exact) mass is 394 g/mol. The molecule has 3 rings (SSSR count). The third kappa shape index (κ3) is 3.59. The second-order valence-electron chi connectivity index (χ2n) is 7.62. The molecule has 0 aromatic rings. The minimum atomic E-state index is -0.752. The van der Waals surface area contributed by atoms with Crippen molar-refractivity contribution >= 4 is 18.3 Å². The van der Waals surface area contributed by atoms with Crippen LogP contribution >= 0.6 is 0 Å². The molecule has 0 heterocycles. The average Bonchev–Trinajstić information content (AvgIpc) is 3.13. The van der Waals surface area contributed by atoms with Gasteiger partial charge in [0.2, 0.25) is 0 Å². The van der Waals surface area contributed by atoms with Crippen LogP contribution < -0.4 is 0 Å². The van der Waals surface area contributed by atoms with Gasteiger partial charge in [-0.2, -0.15) is 0 Å². The summed E-state index contributed by atoms with van der Waals surface area (Å²) in [7, 11) is 2.51. The predicted molar refractivity (Wildman–Crippen MR) is 95.9 cm³/mol. The highest BCUT2D eigenvalue weighted by molar-refractivity contribution is 5.68. The number of ether oxygens (including phenoxy) is 5. The van der Waals surface area contributed by atoms with Gasteiger partial charge < -0.3 is 23.7 Å². The summed E-state index contributed by atoms with van der Waals surface area (Å²) >= 11 is 0. The van der Waals surface area contributed by atoms with E-state index in [0.717, 1.165) is 28.9 Å². The second kappa shape index (κ2) is 7.85. The Morgan fingerprint density at radius 2 is 1.32 bits per heavy atom. The molecule has 2 bridgehead atoms. The summed E-state index contributed by atoms with van der Waals surface area (Å²) in [5.41, 5.74) is 2.92. The van der Waals surface area contributed by atoms with Crippen molar-refractivity contribution in [2.75, 3.05) is 27.4 Å². The van der Waals surface area contributed by atoms with Crippen molar-refractivity contribution in [3.05, 3.63) is 22.5 Å². The molecule has 28 heavy (non-hydrogen) atoms. The van der Waals surface area contributed by atoms with Gasteiger partial charge in [0, 0.05) is 12.8 Å². The molecule has 3 aliphatic rings. The summed E-state index contributed by atoms with van der Waals surface area (Å²) in [6, 6.07) is 0. The van der Waals surface area contributed by atoms with E-state index in [1.807, 2.05) is 13.8 Å². The molecular weight excluding hydrogens is 368 g/mol. The lowest BCUT2D eigenvalue weighted by Crippen LogP contribution is -2.18. The Kier molecular flexibility index (Phi) is 5.67. The Bertz CT molecular complexity index is 703. The first-order valence-electron chi connectivity index (χ1n) is 9.29. The topological polar surface area (TPSA) is 97.4 Å². The van der Waals surface area contributed by atoms with Gasteiger partial charge in [-0.25, -0.2) is 9.59 Å². The number of fused-ring (bicyclic) bond motifs is 5. The molecule has 0 spiro atoms. The Morgan fingerprint density at radius 3 is 1.68 bits per heavy atom. The van der Waals surface area contributed by atoms with E-state index in [1.165, 1.54) is 21.1 Å². The summed E-state index contributed by atoms with van der Waals surface area (Å²) in [6.45, 7) is 5.47. The molecule has 8 heteroatoms. The Morgan fingerprint density at radius 1 is 0.857 bits per heavy atom. The lowest BCUT2D eigenvalue weighted by atomic mass is 9.92. The standard InChI is InChI=1S/C20H26O8/c1-9(2)18(28-10(3)21)17-15-11-6-12(16(15)17)14(8-27-20(23)25-5)13(11)7-26-19(22)24-4/h11-12,15-17H,6-8H2,1-5H3/t11-,12+,15-,16+,17?. The van der Waals surface area contributed by atoms with Crippen LogP contribution in [0.4, 0.5) is 9.59 Å². The second-order valence-corrected chi connectivity index (χ2v) is 7.62. The molecule has 0 aliphatic heterocycles. The highest BCUT2D eigenvalue weighted by Gasteiger charge is 2.69. The number of allylic oxidation sites excluding steroid dienone is 2. The van der Waals surface area contributed by atoms with Crippen molar-refractivity contribution in [1.29, 1.82) is 0 Å². The molecule has 0 aromatic carbocycles. The van der Waals surface area contributed by atoms with Gasteiger partial charge in [-0.3, -0.25) is 4.79 Å². The molecule has 3 aliphatic carbocycles. The van der Waals surface area contributed by atoms with Gasteiger partial charge in [-0.05, 0) is 60.7 Å². The van der Waals surface area contributed by atoms with Crippen LogP contribution in [0.1, 0.15) is 27.2 Å². The number of methoxy groups -OCH3 is 2. The molecule has 1 unspecified atom stereocenters. The van der Waals surface area contributed by atoms with Gasteiger partial charge in [-0.1, -0.05) is 0 Å². The van der Waals surface area contributed by atoms with Gasteiger partial charge in [0.25, 0.3) is 0 Å². The van der Waals surface area contributed by atoms with Gasteiger partial charge in [0.1, 0.15) is 19.0 Å². The highest BCUT2D eigenvalue weighted by atomic mass is 16.7. The third-order valence-corrected chi connectivity index (χ3v) is 5.95. The lowest BCUT2D eigenvalue weighted by Gasteiger charge is -2.19. The van der Waals surface area contributed by atoms with E-state index in [2.05, 4.69) is 9.47 Å². The van der Waals surface area contributed by atoms with E-state index in [-0.39, 0.29) is 36.9 Å². The van der Waals surface area contributed by atoms with Crippen molar-refractivity contribution in [1.82, 2.24) is 0 Å². The summed E-state index contributed by atoms with van der Waals surface area (Å²) in [5.74, 6) is 1.64. The zero-order valence-corrected chi connectivity index (χ0v) is 16.8. The van der Waals surface area contributed by atoms with Crippen LogP contribution in [0.2, 0.25) is 0 Å². The van der Waals surface area contributed by atoms with Crippen molar-refractivity contribution in [2.24, 2.45) is 29.6 Å². The van der Waals surface area contributed by atoms with Crippen molar-refractivity contribution in [3.63, 3.8) is 0 Å².